The number of H-pyrrole nitrogens is 1. The molecule has 64 valence electrons. The van der Waals surface area contributed by atoms with Crippen molar-refractivity contribution in [3.05, 3.63) is 41.5 Å². The predicted molar refractivity (Wildman–Crippen MR) is 46.8 cm³/mol. The Morgan fingerprint density at radius 3 is 3.31 bits per heavy atom. The van der Waals surface area contributed by atoms with Gasteiger partial charge in [-0.2, -0.15) is 0 Å². The molecule has 0 fully saturated rings. The molecule has 0 aliphatic carbocycles. The summed E-state index contributed by atoms with van der Waals surface area (Å²) in [6, 6.07) is 0. The van der Waals surface area contributed by atoms with Crippen LogP contribution in [0.4, 0.5) is 0 Å². The summed E-state index contributed by atoms with van der Waals surface area (Å²) < 4.78 is 3.26. The van der Waals surface area contributed by atoms with Gasteiger partial charge in [0, 0.05) is 12.4 Å². The first kappa shape index (κ1) is 6.47. The van der Waals surface area contributed by atoms with E-state index in [1.54, 1.807) is 33.7 Å². The fourth-order valence-corrected chi connectivity index (χ4v) is 1.45. The van der Waals surface area contributed by atoms with Crippen molar-refractivity contribution in [2.45, 2.75) is 0 Å². The Bertz CT molecular complexity index is 578. The standard InChI is InChI=1S/C8H6N4O/c13-8-6-3-9-5-11(6)4-7-10-1-2-12(7)8/h1-5,10H. The molecular weight excluding hydrogens is 168 g/mol. The molecule has 0 spiro atoms. The highest BCUT2D eigenvalue weighted by Crippen LogP contribution is 1.99. The molecule has 5 heteroatoms. The van der Waals surface area contributed by atoms with E-state index in [1.165, 1.54) is 0 Å². The van der Waals surface area contributed by atoms with Crippen LogP contribution in [0.1, 0.15) is 0 Å². The van der Waals surface area contributed by atoms with Crippen molar-refractivity contribution in [1.82, 2.24) is 18.8 Å². The number of nitrogens with one attached hydrogen (secondary N) is 1. The van der Waals surface area contributed by atoms with E-state index in [9.17, 15) is 4.79 Å². The first-order valence-electron chi connectivity index (χ1n) is 3.87. The maximum absolute atomic E-state index is 11.7. The van der Waals surface area contributed by atoms with Crippen molar-refractivity contribution in [3.63, 3.8) is 0 Å². The van der Waals surface area contributed by atoms with Gasteiger partial charge in [-0.3, -0.25) is 13.6 Å². The van der Waals surface area contributed by atoms with Crippen LogP contribution in [0.2, 0.25) is 0 Å². The van der Waals surface area contributed by atoms with Crippen LogP contribution >= 0.6 is 0 Å². The lowest BCUT2D eigenvalue weighted by Crippen LogP contribution is -2.13. The Labute approximate surface area is 72.3 Å². The van der Waals surface area contributed by atoms with Crippen molar-refractivity contribution in [3.8, 4) is 0 Å². The van der Waals surface area contributed by atoms with E-state index in [2.05, 4.69) is 9.97 Å². The molecule has 3 heterocycles. The number of hydrogen-bond acceptors (Lipinski definition) is 2. The quantitative estimate of drug-likeness (QED) is 0.532. The minimum atomic E-state index is -0.0590. The van der Waals surface area contributed by atoms with E-state index < -0.39 is 0 Å². The second-order valence-electron chi connectivity index (χ2n) is 2.84. The number of fused-ring (bicyclic) bond motifs is 2. The molecule has 3 aromatic heterocycles. The Balaban J connectivity index is 2.76. The summed E-state index contributed by atoms with van der Waals surface area (Å²) in [7, 11) is 0. The maximum atomic E-state index is 11.7. The van der Waals surface area contributed by atoms with Crippen LogP contribution in [0.25, 0.3) is 11.2 Å². The Kier molecular flexibility index (Phi) is 0.999. The van der Waals surface area contributed by atoms with Crippen molar-refractivity contribution in [2.24, 2.45) is 0 Å². The van der Waals surface area contributed by atoms with E-state index in [1.807, 2.05) is 6.20 Å². The van der Waals surface area contributed by atoms with Crippen LogP contribution in [-0.2, 0) is 0 Å². The van der Waals surface area contributed by atoms with Crippen molar-refractivity contribution in [2.75, 3.05) is 0 Å². The average molecular weight is 174 g/mol. The lowest BCUT2D eigenvalue weighted by Gasteiger charge is -1.94. The molecular formula is C8H6N4O. The van der Waals surface area contributed by atoms with Gasteiger partial charge in [0.1, 0.15) is 11.2 Å². The summed E-state index contributed by atoms with van der Waals surface area (Å²) in [6.45, 7) is 0. The van der Waals surface area contributed by atoms with Crippen LogP contribution in [-0.4, -0.2) is 18.8 Å². The first-order chi connectivity index (χ1) is 6.36. The highest BCUT2D eigenvalue weighted by Gasteiger charge is 2.02. The van der Waals surface area contributed by atoms with E-state index in [0.717, 1.165) is 5.65 Å². The third-order valence-corrected chi connectivity index (χ3v) is 2.08. The number of imidazole rings is 2. The van der Waals surface area contributed by atoms with E-state index in [0.29, 0.717) is 5.52 Å². The smallest absolute Gasteiger partial charge is 0.282 e. The number of nitrogens with zero attached hydrogens (tertiary/aromatic N) is 3. The summed E-state index contributed by atoms with van der Waals surface area (Å²) in [6.07, 6.45) is 8.41. The third kappa shape index (κ3) is 0.703. The molecule has 0 radical (unpaired) electrons. The molecule has 0 bridgehead atoms. The largest absolute Gasteiger partial charge is 0.345 e. The predicted octanol–water partition coefficient (Wildman–Crippen LogP) is 0.275. The normalized spacial score (nSPS) is 11.4. The molecule has 0 atom stereocenters. The summed E-state index contributed by atoms with van der Waals surface area (Å²) in [4.78, 5) is 18.5. The summed E-state index contributed by atoms with van der Waals surface area (Å²) >= 11 is 0. The number of rotatable bonds is 0. The van der Waals surface area contributed by atoms with Gasteiger partial charge in [-0.25, -0.2) is 4.98 Å². The molecule has 0 saturated heterocycles. The van der Waals surface area contributed by atoms with Gasteiger partial charge in [0.2, 0.25) is 0 Å². The second kappa shape index (κ2) is 2.01. The van der Waals surface area contributed by atoms with Crippen molar-refractivity contribution >= 4 is 11.2 Å². The lowest BCUT2D eigenvalue weighted by molar-refractivity contribution is 1.05. The van der Waals surface area contributed by atoms with Gasteiger partial charge in [-0.05, 0) is 0 Å². The van der Waals surface area contributed by atoms with Gasteiger partial charge in [0.05, 0.1) is 18.7 Å². The number of aromatic amines is 1. The van der Waals surface area contributed by atoms with Crippen LogP contribution in [0.5, 0.6) is 0 Å². The van der Waals surface area contributed by atoms with Crippen LogP contribution in [0, 0.1) is 0 Å². The Morgan fingerprint density at radius 1 is 1.46 bits per heavy atom. The second-order valence-corrected chi connectivity index (χ2v) is 2.84. The fourth-order valence-electron chi connectivity index (χ4n) is 1.45. The van der Waals surface area contributed by atoms with Crippen LogP contribution in [0.15, 0.2) is 35.9 Å². The molecule has 3 aromatic rings. The molecule has 0 aliphatic rings. The topological polar surface area (TPSA) is 54.6 Å². The van der Waals surface area contributed by atoms with E-state index >= 15 is 0 Å². The zero-order valence-electron chi connectivity index (χ0n) is 6.64. The van der Waals surface area contributed by atoms with Gasteiger partial charge in [-0.15, -0.1) is 0 Å². The molecule has 13 heavy (non-hydrogen) atoms. The van der Waals surface area contributed by atoms with Gasteiger partial charge in [0.15, 0.2) is 0 Å². The van der Waals surface area contributed by atoms with Crippen molar-refractivity contribution < 1.29 is 0 Å². The minimum Gasteiger partial charge on any atom is -0.345 e. The first-order valence-corrected chi connectivity index (χ1v) is 3.87. The zero-order valence-corrected chi connectivity index (χ0v) is 6.64. The Morgan fingerprint density at radius 2 is 2.38 bits per heavy atom. The van der Waals surface area contributed by atoms with E-state index in [-0.39, 0.29) is 5.56 Å². The fraction of sp³-hybridized carbons (Fsp3) is 0. The summed E-state index contributed by atoms with van der Waals surface area (Å²) in [5, 5.41) is 0. The number of aromatic nitrogens is 4. The maximum Gasteiger partial charge on any atom is 0.282 e. The average Bonchev–Trinajstić information content (AvgIpc) is 2.71. The summed E-state index contributed by atoms with van der Waals surface area (Å²) in [5.74, 6) is 0. The molecule has 0 unspecified atom stereocenters. The van der Waals surface area contributed by atoms with Crippen LogP contribution in [0.3, 0.4) is 0 Å². The zero-order chi connectivity index (χ0) is 8.84. The van der Waals surface area contributed by atoms with Crippen LogP contribution < -0.4 is 5.56 Å². The lowest BCUT2D eigenvalue weighted by atomic mass is 10.5. The number of hydrogen-bond donors (Lipinski definition) is 1. The van der Waals surface area contributed by atoms with Gasteiger partial charge in [0.25, 0.3) is 5.56 Å². The van der Waals surface area contributed by atoms with Gasteiger partial charge >= 0.3 is 0 Å². The molecule has 0 amide bonds. The monoisotopic (exact) mass is 174 g/mol. The molecule has 0 aromatic carbocycles. The minimum absolute atomic E-state index is 0.0590. The highest BCUT2D eigenvalue weighted by molar-refractivity contribution is 5.49. The molecule has 5 nitrogen and oxygen atoms in total. The summed E-state index contributed by atoms with van der Waals surface area (Å²) in [5.41, 5.74) is 1.28. The molecule has 0 aliphatic heterocycles. The third-order valence-electron chi connectivity index (χ3n) is 2.08. The SMILES string of the molecule is O=c1c2cncn2cc2[nH]ccn12. The molecule has 3 rings (SSSR count). The van der Waals surface area contributed by atoms with Crippen molar-refractivity contribution in [1.29, 1.82) is 0 Å². The molecule has 1 N–H and O–H groups in total. The molecule has 0 saturated carbocycles. The van der Waals surface area contributed by atoms with E-state index in [4.69, 9.17) is 0 Å². The van der Waals surface area contributed by atoms with Gasteiger partial charge in [-0.1, -0.05) is 0 Å². The highest BCUT2D eigenvalue weighted by atomic mass is 16.1. The van der Waals surface area contributed by atoms with Gasteiger partial charge < -0.3 is 4.98 Å². The Hall–Kier alpha value is -2.04.